The number of aryl methyl sites for hydroxylation is 1. The number of halogens is 4. The number of urea groups is 1. The Hall–Kier alpha value is -1.96. The number of carbonyl (C=O) groups is 2. The maximum Gasteiger partial charge on any atom is 0.394 e. The van der Waals surface area contributed by atoms with Gasteiger partial charge in [-0.05, 0) is 24.6 Å². The third-order valence-electron chi connectivity index (χ3n) is 3.77. The minimum atomic E-state index is -4.68. The number of carboxylic acid groups (broad SMARTS) is 1. The number of nitrogens with one attached hydrogen (secondary N) is 1. The van der Waals surface area contributed by atoms with Gasteiger partial charge in [0.2, 0.25) is 0 Å². The Morgan fingerprint density at radius 3 is 2.48 bits per heavy atom. The van der Waals surface area contributed by atoms with Gasteiger partial charge >= 0.3 is 18.2 Å². The number of nitrogens with zero attached hydrogens (tertiary/aromatic N) is 1. The van der Waals surface area contributed by atoms with Crippen molar-refractivity contribution in [1.82, 2.24) is 4.90 Å². The molecule has 2 rings (SSSR count). The number of likely N-dealkylation sites (tertiary alicyclic amines) is 1. The van der Waals surface area contributed by atoms with Crippen LogP contribution in [-0.4, -0.2) is 41.3 Å². The summed E-state index contributed by atoms with van der Waals surface area (Å²) < 4.78 is 38.7. The maximum atomic E-state index is 12.9. The molecule has 126 valence electrons. The van der Waals surface area contributed by atoms with Crippen molar-refractivity contribution in [3.05, 3.63) is 28.8 Å². The maximum absolute atomic E-state index is 12.9. The van der Waals surface area contributed by atoms with E-state index < -0.39 is 43.1 Å². The Bertz CT molecular complexity index is 636. The highest BCUT2D eigenvalue weighted by molar-refractivity contribution is 6.31. The van der Waals surface area contributed by atoms with Gasteiger partial charge in [-0.3, -0.25) is 4.79 Å². The summed E-state index contributed by atoms with van der Waals surface area (Å²) in [5, 5.41) is 11.8. The highest BCUT2D eigenvalue weighted by atomic mass is 35.5. The molecule has 0 saturated carbocycles. The predicted octanol–water partition coefficient (Wildman–Crippen LogP) is 3.38. The van der Waals surface area contributed by atoms with E-state index >= 15 is 0 Å². The van der Waals surface area contributed by atoms with Crippen LogP contribution in [0.15, 0.2) is 18.2 Å². The Labute approximate surface area is 135 Å². The van der Waals surface area contributed by atoms with E-state index in [1.807, 2.05) is 0 Å². The summed E-state index contributed by atoms with van der Waals surface area (Å²) in [6, 6.07) is 3.90. The second-order valence-electron chi connectivity index (χ2n) is 5.39. The molecule has 1 aliphatic rings. The molecule has 1 heterocycles. The zero-order chi connectivity index (χ0) is 17.4. The standard InChI is InChI=1S/C14H14ClF3N2O3/c1-7-2-3-8(4-11(7)15)19-13(23)20-5-9(12(21)22)10(6-20)14(16,17)18/h2-4,9-10H,5-6H2,1H3,(H,19,23)(H,21,22)/t9-,10-/m1/s1. The molecule has 2 atom stereocenters. The molecule has 5 nitrogen and oxygen atoms in total. The van der Waals surface area contributed by atoms with E-state index in [-0.39, 0.29) is 0 Å². The van der Waals surface area contributed by atoms with E-state index in [0.717, 1.165) is 10.5 Å². The fourth-order valence-electron chi connectivity index (χ4n) is 2.42. The van der Waals surface area contributed by atoms with Crippen LogP contribution in [0.2, 0.25) is 5.02 Å². The monoisotopic (exact) mass is 350 g/mol. The Balaban J connectivity index is 2.11. The van der Waals surface area contributed by atoms with Crippen LogP contribution in [0.5, 0.6) is 0 Å². The zero-order valence-electron chi connectivity index (χ0n) is 12.0. The van der Waals surface area contributed by atoms with Crippen LogP contribution in [0.25, 0.3) is 0 Å². The van der Waals surface area contributed by atoms with Crippen molar-refractivity contribution in [3.8, 4) is 0 Å². The summed E-state index contributed by atoms with van der Waals surface area (Å²) in [6.45, 7) is 0.580. The number of carboxylic acids is 1. The highest BCUT2D eigenvalue weighted by Crippen LogP contribution is 2.38. The molecule has 0 radical (unpaired) electrons. The van der Waals surface area contributed by atoms with Crippen LogP contribution in [0.1, 0.15) is 5.56 Å². The van der Waals surface area contributed by atoms with E-state index in [1.165, 1.54) is 6.07 Å². The van der Waals surface area contributed by atoms with Crippen LogP contribution in [0, 0.1) is 18.8 Å². The van der Waals surface area contributed by atoms with Crippen molar-refractivity contribution >= 4 is 29.3 Å². The highest BCUT2D eigenvalue weighted by Gasteiger charge is 2.53. The van der Waals surface area contributed by atoms with Crippen LogP contribution >= 0.6 is 11.6 Å². The van der Waals surface area contributed by atoms with E-state index in [1.54, 1.807) is 19.1 Å². The number of amides is 2. The number of carbonyl (C=O) groups excluding carboxylic acids is 1. The number of hydrogen-bond acceptors (Lipinski definition) is 2. The first-order valence-electron chi connectivity index (χ1n) is 6.71. The average molecular weight is 351 g/mol. The molecule has 0 aromatic heterocycles. The second kappa shape index (κ2) is 6.27. The number of anilines is 1. The number of benzene rings is 1. The summed E-state index contributed by atoms with van der Waals surface area (Å²) >= 11 is 5.91. The smallest absolute Gasteiger partial charge is 0.394 e. The minimum absolute atomic E-state index is 0.327. The molecule has 2 N–H and O–H groups in total. The Morgan fingerprint density at radius 1 is 1.35 bits per heavy atom. The molecule has 0 unspecified atom stereocenters. The average Bonchev–Trinajstić information content (AvgIpc) is 2.88. The SMILES string of the molecule is Cc1ccc(NC(=O)N2C[C@@H](C(F)(F)F)[C@H](C(=O)O)C2)cc1Cl. The Morgan fingerprint density at radius 2 is 2.00 bits per heavy atom. The lowest BCUT2D eigenvalue weighted by atomic mass is 9.96. The first-order chi connectivity index (χ1) is 10.6. The predicted molar refractivity (Wildman–Crippen MR) is 77.5 cm³/mol. The quantitative estimate of drug-likeness (QED) is 0.859. The molecule has 1 fully saturated rings. The molecule has 23 heavy (non-hydrogen) atoms. The summed E-state index contributed by atoms with van der Waals surface area (Å²) in [5.74, 6) is -5.31. The third kappa shape index (κ3) is 3.87. The van der Waals surface area contributed by atoms with Crippen molar-refractivity contribution < 1.29 is 27.9 Å². The van der Waals surface area contributed by atoms with Gasteiger partial charge < -0.3 is 15.3 Å². The molecule has 9 heteroatoms. The van der Waals surface area contributed by atoms with Gasteiger partial charge in [-0.2, -0.15) is 13.2 Å². The molecule has 0 aliphatic carbocycles. The van der Waals surface area contributed by atoms with E-state index in [2.05, 4.69) is 5.32 Å². The minimum Gasteiger partial charge on any atom is -0.481 e. The van der Waals surface area contributed by atoms with Crippen molar-refractivity contribution in [2.45, 2.75) is 13.1 Å². The normalized spacial score (nSPS) is 21.3. The van der Waals surface area contributed by atoms with Gasteiger partial charge in [0.05, 0.1) is 11.8 Å². The fraction of sp³-hybridized carbons (Fsp3) is 0.429. The largest absolute Gasteiger partial charge is 0.481 e. The first kappa shape index (κ1) is 17.4. The van der Waals surface area contributed by atoms with E-state index in [0.29, 0.717) is 10.7 Å². The lowest BCUT2D eigenvalue weighted by Gasteiger charge is -2.19. The molecule has 0 bridgehead atoms. The van der Waals surface area contributed by atoms with Crippen molar-refractivity contribution in [2.75, 3.05) is 18.4 Å². The third-order valence-corrected chi connectivity index (χ3v) is 4.18. The topological polar surface area (TPSA) is 69.6 Å². The number of hydrogen-bond donors (Lipinski definition) is 2. The van der Waals surface area contributed by atoms with Crippen LogP contribution in [-0.2, 0) is 4.79 Å². The van der Waals surface area contributed by atoms with E-state index in [4.69, 9.17) is 16.7 Å². The molecule has 1 saturated heterocycles. The second-order valence-corrected chi connectivity index (χ2v) is 5.80. The van der Waals surface area contributed by atoms with Gasteiger partial charge in [0.25, 0.3) is 0 Å². The van der Waals surface area contributed by atoms with Gasteiger partial charge in [0.1, 0.15) is 0 Å². The van der Waals surface area contributed by atoms with E-state index in [9.17, 15) is 22.8 Å². The summed E-state index contributed by atoms with van der Waals surface area (Å²) in [5.41, 5.74) is 1.11. The Kier molecular flexibility index (Phi) is 4.74. The molecular weight excluding hydrogens is 337 g/mol. The van der Waals surface area contributed by atoms with Gasteiger partial charge in [-0.15, -0.1) is 0 Å². The van der Waals surface area contributed by atoms with Gasteiger partial charge in [0, 0.05) is 23.8 Å². The van der Waals surface area contributed by atoms with Gasteiger partial charge in [-0.1, -0.05) is 17.7 Å². The van der Waals surface area contributed by atoms with Gasteiger partial charge in [0.15, 0.2) is 0 Å². The molecule has 1 aromatic carbocycles. The molecular formula is C14H14ClF3N2O3. The fourth-order valence-corrected chi connectivity index (χ4v) is 2.61. The first-order valence-corrected chi connectivity index (χ1v) is 7.09. The molecule has 0 spiro atoms. The number of rotatable bonds is 2. The van der Waals surface area contributed by atoms with Crippen LogP contribution in [0.4, 0.5) is 23.7 Å². The molecule has 1 aliphatic heterocycles. The van der Waals surface area contributed by atoms with Crippen molar-refractivity contribution in [1.29, 1.82) is 0 Å². The number of alkyl halides is 3. The molecule has 1 aromatic rings. The number of aliphatic carboxylic acids is 1. The lowest BCUT2D eigenvalue weighted by molar-refractivity contribution is -0.187. The van der Waals surface area contributed by atoms with Crippen LogP contribution in [0.3, 0.4) is 0 Å². The summed E-state index contributed by atoms with van der Waals surface area (Å²) in [4.78, 5) is 23.9. The van der Waals surface area contributed by atoms with Gasteiger partial charge in [-0.25, -0.2) is 4.79 Å². The zero-order valence-corrected chi connectivity index (χ0v) is 12.8. The van der Waals surface area contributed by atoms with Crippen LogP contribution < -0.4 is 5.32 Å². The van der Waals surface area contributed by atoms with Crippen molar-refractivity contribution in [2.24, 2.45) is 11.8 Å². The summed E-state index contributed by atoms with van der Waals surface area (Å²) in [6.07, 6.45) is -4.68. The summed E-state index contributed by atoms with van der Waals surface area (Å²) in [7, 11) is 0. The van der Waals surface area contributed by atoms with Crippen molar-refractivity contribution in [3.63, 3.8) is 0 Å². The molecule has 2 amide bonds. The lowest BCUT2D eigenvalue weighted by Crippen LogP contribution is -2.35.